The molecule has 3 aliphatic rings. The molecule has 0 saturated carbocycles. The third-order valence-corrected chi connectivity index (χ3v) is 8.05. The molecule has 1 amide bonds. The summed E-state index contributed by atoms with van der Waals surface area (Å²) in [5, 5.41) is 11.3. The molecular weight excluding hydrogens is 528 g/mol. The molecule has 6 rings (SSSR count). The predicted octanol–water partition coefficient (Wildman–Crippen LogP) is 4.64. The second-order valence-corrected chi connectivity index (χ2v) is 10.3. The Kier molecular flexibility index (Phi) is 7.68. The molecular formula is C28H32ClF2N5O3. The number of nitrogens with one attached hydrogen (secondary N) is 2. The van der Waals surface area contributed by atoms with Crippen molar-refractivity contribution in [2.45, 2.75) is 24.9 Å². The van der Waals surface area contributed by atoms with Crippen LogP contribution in [-0.2, 0) is 0 Å². The number of anilines is 1. The van der Waals surface area contributed by atoms with Crippen molar-refractivity contribution in [2.75, 3.05) is 45.7 Å². The fraction of sp³-hybridized carbons (Fsp3) is 0.429. The highest BCUT2D eigenvalue weighted by Gasteiger charge is 2.38. The molecule has 4 heterocycles. The normalized spacial score (nSPS) is 23.6. The number of rotatable bonds is 6. The number of methoxy groups -OCH3 is 2. The number of fused-ring (bicyclic) bond motifs is 2. The van der Waals surface area contributed by atoms with Gasteiger partial charge in [-0.1, -0.05) is 18.2 Å². The molecule has 2 saturated heterocycles. The second-order valence-electron chi connectivity index (χ2n) is 10.3. The Labute approximate surface area is 232 Å². The summed E-state index contributed by atoms with van der Waals surface area (Å²) in [5.41, 5.74) is 2.80. The molecule has 3 aromatic rings. The average Bonchev–Trinajstić information content (AvgIpc) is 3.67. The number of halogens is 3. The van der Waals surface area contributed by atoms with E-state index in [0.717, 1.165) is 37.3 Å². The van der Waals surface area contributed by atoms with E-state index in [-0.39, 0.29) is 30.8 Å². The van der Waals surface area contributed by atoms with E-state index in [1.807, 2.05) is 29.2 Å². The first-order chi connectivity index (χ1) is 18.4. The highest BCUT2D eigenvalue weighted by atomic mass is 35.5. The van der Waals surface area contributed by atoms with Crippen LogP contribution in [0.5, 0.6) is 11.5 Å². The summed E-state index contributed by atoms with van der Waals surface area (Å²) in [5.74, 6) is 2.75. The maximum atomic E-state index is 14.2. The van der Waals surface area contributed by atoms with Crippen molar-refractivity contribution in [2.24, 2.45) is 11.8 Å². The summed E-state index contributed by atoms with van der Waals surface area (Å²) in [6.45, 7) is 3.51. The Bertz CT molecular complexity index is 1320. The van der Waals surface area contributed by atoms with Crippen LogP contribution >= 0.6 is 12.4 Å². The number of alkyl halides is 2. The Hall–Kier alpha value is -3.37. The number of nitrogens with zero attached hydrogens (tertiary/aromatic N) is 3. The zero-order valence-electron chi connectivity index (χ0n) is 21.8. The molecule has 0 radical (unpaired) electrons. The number of carbonyl (C=O) groups excluding carboxylic acids is 1. The minimum absolute atomic E-state index is 0. The second kappa shape index (κ2) is 11.0. The van der Waals surface area contributed by atoms with E-state index in [1.165, 1.54) is 4.68 Å². The summed E-state index contributed by atoms with van der Waals surface area (Å²) in [4.78, 5) is 15.0. The monoisotopic (exact) mass is 559 g/mol. The number of hydrogen-bond donors (Lipinski definition) is 2. The van der Waals surface area contributed by atoms with Crippen LogP contribution in [0.15, 0.2) is 48.5 Å². The van der Waals surface area contributed by atoms with Crippen LogP contribution in [0.3, 0.4) is 0 Å². The van der Waals surface area contributed by atoms with Crippen LogP contribution in [0.1, 0.15) is 34.4 Å². The van der Waals surface area contributed by atoms with E-state index in [4.69, 9.17) is 9.47 Å². The lowest BCUT2D eigenvalue weighted by Crippen LogP contribution is -2.31. The minimum atomic E-state index is -2.58. The molecule has 2 fully saturated rings. The number of carbonyl (C=O) groups is 1. The van der Waals surface area contributed by atoms with Gasteiger partial charge in [0.15, 0.2) is 11.5 Å². The lowest BCUT2D eigenvalue weighted by atomic mass is 9.97. The maximum absolute atomic E-state index is 14.2. The van der Waals surface area contributed by atoms with Gasteiger partial charge in [-0.15, -0.1) is 12.4 Å². The molecule has 1 aromatic heterocycles. The smallest absolute Gasteiger partial charge is 0.260 e. The number of ether oxygens (including phenoxy) is 2. The fourth-order valence-electron chi connectivity index (χ4n) is 5.96. The van der Waals surface area contributed by atoms with E-state index < -0.39 is 12.5 Å². The third-order valence-electron chi connectivity index (χ3n) is 8.05. The van der Waals surface area contributed by atoms with Gasteiger partial charge in [-0.25, -0.2) is 13.5 Å². The van der Waals surface area contributed by atoms with Gasteiger partial charge in [0.05, 0.1) is 26.0 Å². The van der Waals surface area contributed by atoms with Gasteiger partial charge in [0.1, 0.15) is 11.9 Å². The summed E-state index contributed by atoms with van der Waals surface area (Å²) in [7, 11) is 3.10. The number of aromatic nitrogens is 2. The van der Waals surface area contributed by atoms with Gasteiger partial charge in [0.25, 0.3) is 12.3 Å². The van der Waals surface area contributed by atoms with E-state index >= 15 is 0 Å². The molecule has 208 valence electrons. The Morgan fingerprint density at radius 2 is 1.69 bits per heavy atom. The van der Waals surface area contributed by atoms with Crippen molar-refractivity contribution in [3.63, 3.8) is 0 Å². The van der Waals surface area contributed by atoms with Crippen molar-refractivity contribution in [3.8, 4) is 22.8 Å². The molecule has 0 bridgehead atoms. The molecule has 39 heavy (non-hydrogen) atoms. The largest absolute Gasteiger partial charge is 0.493 e. The van der Waals surface area contributed by atoms with E-state index in [9.17, 15) is 13.6 Å². The Morgan fingerprint density at radius 3 is 2.33 bits per heavy atom. The summed E-state index contributed by atoms with van der Waals surface area (Å²) >= 11 is 0. The van der Waals surface area contributed by atoms with E-state index in [0.29, 0.717) is 40.4 Å². The zero-order valence-corrected chi connectivity index (χ0v) is 22.6. The van der Waals surface area contributed by atoms with Crippen LogP contribution in [0.2, 0.25) is 0 Å². The third kappa shape index (κ3) is 5.03. The molecule has 0 spiro atoms. The van der Waals surface area contributed by atoms with Gasteiger partial charge < -0.3 is 25.0 Å². The highest BCUT2D eigenvalue weighted by Crippen LogP contribution is 2.41. The molecule has 3 aliphatic heterocycles. The first-order valence-corrected chi connectivity index (χ1v) is 12.9. The van der Waals surface area contributed by atoms with Crippen molar-refractivity contribution < 1.29 is 23.0 Å². The Morgan fingerprint density at radius 1 is 1.00 bits per heavy atom. The van der Waals surface area contributed by atoms with Gasteiger partial charge in [-0.2, -0.15) is 5.10 Å². The lowest BCUT2D eigenvalue weighted by Gasteiger charge is -2.32. The average molecular weight is 560 g/mol. The highest BCUT2D eigenvalue weighted by molar-refractivity contribution is 5.95. The maximum Gasteiger partial charge on any atom is 0.260 e. The van der Waals surface area contributed by atoms with E-state index in [1.54, 1.807) is 38.5 Å². The zero-order chi connectivity index (χ0) is 26.4. The van der Waals surface area contributed by atoms with Crippen molar-refractivity contribution in [1.82, 2.24) is 20.0 Å². The number of amides is 1. The molecule has 0 aliphatic carbocycles. The topological polar surface area (TPSA) is 80.7 Å². The SMILES string of the molecule is COc1ccc(C2CC(C(F)F)n3nc(-c4ccc(C(=O)N5CC6CNCC6C5)cc4)cc3N2)cc1OC.Cl. The summed E-state index contributed by atoms with van der Waals surface area (Å²) in [6.07, 6.45) is -2.41. The van der Waals surface area contributed by atoms with Crippen molar-refractivity contribution in [1.29, 1.82) is 0 Å². The van der Waals surface area contributed by atoms with E-state index in [2.05, 4.69) is 15.7 Å². The standard InChI is InChI=1S/C28H31F2N5O3.ClH/c1-37-24-8-7-18(9-25(24)38-2)21-10-23(27(29)30)35-26(32-21)11-22(33-35)16-3-5-17(6-4-16)28(36)34-14-19-12-31-13-20(19)15-34;/h3-9,11,19-21,23,27,31-32H,10,12-15H2,1-2H3;1H. The van der Waals surface area contributed by atoms with Crippen LogP contribution in [0, 0.1) is 11.8 Å². The van der Waals surface area contributed by atoms with Gasteiger partial charge in [0.2, 0.25) is 0 Å². The van der Waals surface area contributed by atoms with Crippen molar-refractivity contribution in [3.05, 3.63) is 59.7 Å². The molecule has 8 nitrogen and oxygen atoms in total. The minimum Gasteiger partial charge on any atom is -0.493 e. The van der Waals surface area contributed by atoms with Gasteiger partial charge in [-0.3, -0.25) is 4.79 Å². The first kappa shape index (κ1) is 27.2. The first-order valence-electron chi connectivity index (χ1n) is 12.9. The van der Waals surface area contributed by atoms with Crippen molar-refractivity contribution >= 4 is 24.1 Å². The van der Waals surface area contributed by atoms with Gasteiger partial charge in [0, 0.05) is 43.4 Å². The molecule has 11 heteroatoms. The number of benzene rings is 2. The van der Waals surface area contributed by atoms with Crippen LogP contribution in [0.4, 0.5) is 14.6 Å². The Balaban J connectivity index is 0.00000308. The number of likely N-dealkylation sites (tertiary alicyclic amines) is 1. The van der Waals surface area contributed by atoms with Crippen LogP contribution in [-0.4, -0.2) is 67.4 Å². The fourth-order valence-corrected chi connectivity index (χ4v) is 5.96. The van der Waals surface area contributed by atoms with Crippen LogP contribution < -0.4 is 20.1 Å². The lowest BCUT2D eigenvalue weighted by molar-refractivity contribution is 0.0659. The molecule has 4 atom stereocenters. The number of hydrogen-bond acceptors (Lipinski definition) is 6. The molecule has 4 unspecified atom stereocenters. The summed E-state index contributed by atoms with van der Waals surface area (Å²) < 4.78 is 40.4. The predicted molar refractivity (Wildman–Crippen MR) is 146 cm³/mol. The molecule has 2 aromatic carbocycles. The quantitative estimate of drug-likeness (QED) is 0.458. The molecule has 2 N–H and O–H groups in total. The van der Waals surface area contributed by atoms with Gasteiger partial charge >= 0.3 is 0 Å². The summed E-state index contributed by atoms with van der Waals surface area (Å²) in [6, 6.07) is 13.1. The van der Waals surface area contributed by atoms with Crippen LogP contribution in [0.25, 0.3) is 11.3 Å². The van der Waals surface area contributed by atoms with Gasteiger partial charge in [-0.05, 0) is 48.1 Å².